The molecule has 0 aliphatic heterocycles. The van der Waals surface area contributed by atoms with Crippen molar-refractivity contribution < 1.29 is 13.9 Å². The number of alkyl halides is 1. The third kappa shape index (κ3) is 4.95. The Balaban J connectivity index is 2.71. The van der Waals surface area contributed by atoms with Crippen LogP contribution in [0.25, 0.3) is 0 Å². The van der Waals surface area contributed by atoms with Crippen LogP contribution in [-0.4, -0.2) is 39.9 Å². The molecule has 0 unspecified atom stereocenters. The Morgan fingerprint density at radius 3 is 2.75 bits per heavy atom. The number of hydrogen-bond acceptors (Lipinski definition) is 3. The van der Waals surface area contributed by atoms with Gasteiger partial charge in [0.15, 0.2) is 17.5 Å². The first-order chi connectivity index (χ1) is 9.74. The Bertz CT molecular complexity index is 438. The Morgan fingerprint density at radius 2 is 2.15 bits per heavy atom. The molecule has 0 fully saturated rings. The molecule has 0 bridgehead atoms. The zero-order valence-electron chi connectivity index (χ0n) is 12.2. The summed E-state index contributed by atoms with van der Waals surface area (Å²) in [7, 11) is 3.26. The molecule has 5 nitrogen and oxygen atoms in total. The van der Waals surface area contributed by atoms with E-state index in [9.17, 15) is 4.39 Å². The first-order valence-corrected chi connectivity index (χ1v) is 6.59. The van der Waals surface area contributed by atoms with Gasteiger partial charge in [-0.15, -0.1) is 0 Å². The molecular formula is C14H22FN3O2. The summed E-state index contributed by atoms with van der Waals surface area (Å²) < 4.78 is 22.8. The fourth-order valence-electron chi connectivity index (χ4n) is 1.61. The number of hydrogen-bond donors (Lipinski definition) is 2. The number of aliphatic imine (C=N–C) groups is 1. The van der Waals surface area contributed by atoms with Crippen LogP contribution in [0.2, 0.25) is 0 Å². The molecule has 0 atom stereocenters. The SMILES string of the molecule is CCOc1ccc(NC(=NC)NCCCF)cc1OC. The summed E-state index contributed by atoms with van der Waals surface area (Å²) in [4.78, 5) is 4.07. The summed E-state index contributed by atoms with van der Waals surface area (Å²) in [5.74, 6) is 1.93. The molecular weight excluding hydrogens is 261 g/mol. The van der Waals surface area contributed by atoms with Crippen molar-refractivity contribution in [2.75, 3.05) is 39.3 Å². The van der Waals surface area contributed by atoms with Crippen LogP contribution in [0.5, 0.6) is 11.5 Å². The lowest BCUT2D eigenvalue weighted by Crippen LogP contribution is -2.31. The molecule has 1 aromatic rings. The zero-order valence-corrected chi connectivity index (χ0v) is 12.2. The van der Waals surface area contributed by atoms with Gasteiger partial charge < -0.3 is 20.1 Å². The molecule has 0 amide bonds. The van der Waals surface area contributed by atoms with Crippen LogP contribution in [0, 0.1) is 0 Å². The minimum absolute atomic E-state index is 0.346. The van der Waals surface area contributed by atoms with Crippen molar-refractivity contribution in [3.05, 3.63) is 18.2 Å². The van der Waals surface area contributed by atoms with Crippen molar-refractivity contribution in [3.63, 3.8) is 0 Å². The van der Waals surface area contributed by atoms with Crippen LogP contribution in [0.15, 0.2) is 23.2 Å². The van der Waals surface area contributed by atoms with Crippen LogP contribution in [-0.2, 0) is 0 Å². The summed E-state index contributed by atoms with van der Waals surface area (Å²) in [6.07, 6.45) is 0.452. The first-order valence-electron chi connectivity index (χ1n) is 6.59. The minimum atomic E-state index is -0.346. The van der Waals surface area contributed by atoms with E-state index in [2.05, 4.69) is 15.6 Å². The van der Waals surface area contributed by atoms with Crippen LogP contribution in [0.1, 0.15) is 13.3 Å². The van der Waals surface area contributed by atoms with E-state index in [0.29, 0.717) is 37.0 Å². The van der Waals surface area contributed by atoms with Gasteiger partial charge in [0, 0.05) is 25.3 Å². The molecule has 2 N–H and O–H groups in total. The first kappa shape index (κ1) is 16.1. The van der Waals surface area contributed by atoms with Crippen LogP contribution < -0.4 is 20.1 Å². The number of nitrogens with zero attached hydrogens (tertiary/aromatic N) is 1. The maximum Gasteiger partial charge on any atom is 0.195 e. The highest BCUT2D eigenvalue weighted by Gasteiger charge is 2.06. The maximum atomic E-state index is 12.1. The van der Waals surface area contributed by atoms with Crippen molar-refractivity contribution in [2.24, 2.45) is 4.99 Å². The van der Waals surface area contributed by atoms with Crippen molar-refractivity contribution in [1.29, 1.82) is 0 Å². The van der Waals surface area contributed by atoms with E-state index in [4.69, 9.17) is 9.47 Å². The summed E-state index contributed by atoms with van der Waals surface area (Å²) in [5.41, 5.74) is 0.818. The molecule has 0 saturated carbocycles. The van der Waals surface area contributed by atoms with Crippen molar-refractivity contribution in [2.45, 2.75) is 13.3 Å². The second-order valence-electron chi connectivity index (χ2n) is 3.97. The van der Waals surface area contributed by atoms with Gasteiger partial charge in [0.2, 0.25) is 0 Å². The highest BCUT2D eigenvalue weighted by molar-refractivity contribution is 5.93. The Morgan fingerprint density at radius 1 is 1.35 bits per heavy atom. The number of methoxy groups -OCH3 is 1. The molecule has 0 aromatic heterocycles. The second kappa shape index (κ2) is 9.01. The number of guanidine groups is 1. The number of rotatable bonds is 7. The van der Waals surface area contributed by atoms with Gasteiger partial charge in [0.25, 0.3) is 0 Å². The molecule has 0 radical (unpaired) electrons. The van der Waals surface area contributed by atoms with E-state index in [1.54, 1.807) is 14.2 Å². The largest absolute Gasteiger partial charge is 0.493 e. The lowest BCUT2D eigenvalue weighted by atomic mass is 10.2. The molecule has 20 heavy (non-hydrogen) atoms. The normalized spacial score (nSPS) is 11.1. The Hall–Kier alpha value is -1.98. The second-order valence-corrected chi connectivity index (χ2v) is 3.97. The average Bonchev–Trinajstić information content (AvgIpc) is 2.48. The monoisotopic (exact) mass is 283 g/mol. The minimum Gasteiger partial charge on any atom is -0.493 e. The Kier molecular flexibility index (Phi) is 7.24. The van der Waals surface area contributed by atoms with Crippen molar-refractivity contribution in [1.82, 2.24) is 5.32 Å². The third-order valence-corrected chi connectivity index (χ3v) is 2.55. The van der Waals surface area contributed by atoms with E-state index < -0.39 is 0 Å². The fraction of sp³-hybridized carbons (Fsp3) is 0.500. The average molecular weight is 283 g/mol. The van der Waals surface area contributed by atoms with Gasteiger partial charge in [-0.3, -0.25) is 9.38 Å². The van der Waals surface area contributed by atoms with E-state index >= 15 is 0 Å². The molecule has 1 rings (SSSR count). The van der Waals surface area contributed by atoms with Gasteiger partial charge in [-0.2, -0.15) is 0 Å². The third-order valence-electron chi connectivity index (χ3n) is 2.55. The summed E-state index contributed by atoms with van der Waals surface area (Å²) >= 11 is 0. The number of benzene rings is 1. The quantitative estimate of drug-likeness (QED) is 0.458. The fourth-order valence-corrected chi connectivity index (χ4v) is 1.61. The standard InChI is InChI=1S/C14H22FN3O2/c1-4-20-12-7-6-11(10-13(12)19-3)18-14(16-2)17-9-5-8-15/h6-7,10H,4-5,8-9H2,1-3H3,(H2,16,17,18). The van der Waals surface area contributed by atoms with Gasteiger partial charge in [-0.25, -0.2) is 0 Å². The van der Waals surface area contributed by atoms with Crippen molar-refractivity contribution >= 4 is 11.6 Å². The summed E-state index contributed by atoms with van der Waals surface area (Å²) in [5, 5.41) is 6.14. The van der Waals surface area contributed by atoms with Gasteiger partial charge in [-0.1, -0.05) is 0 Å². The highest BCUT2D eigenvalue weighted by Crippen LogP contribution is 2.30. The molecule has 0 heterocycles. The van der Waals surface area contributed by atoms with Crippen LogP contribution in [0.4, 0.5) is 10.1 Å². The van der Waals surface area contributed by atoms with Gasteiger partial charge in [0.05, 0.1) is 20.4 Å². The smallest absolute Gasteiger partial charge is 0.195 e. The number of anilines is 1. The lowest BCUT2D eigenvalue weighted by Gasteiger charge is -2.14. The van der Waals surface area contributed by atoms with Crippen LogP contribution in [0.3, 0.4) is 0 Å². The summed E-state index contributed by atoms with van der Waals surface area (Å²) in [6, 6.07) is 5.53. The van der Waals surface area contributed by atoms with Gasteiger partial charge >= 0.3 is 0 Å². The molecule has 112 valence electrons. The molecule has 0 spiro atoms. The maximum absolute atomic E-state index is 12.1. The lowest BCUT2D eigenvalue weighted by molar-refractivity contribution is 0.311. The summed E-state index contributed by atoms with van der Waals surface area (Å²) in [6.45, 7) is 2.68. The Labute approximate surface area is 119 Å². The van der Waals surface area contributed by atoms with E-state index in [1.165, 1.54) is 0 Å². The molecule has 0 saturated heterocycles. The molecule has 0 aliphatic carbocycles. The molecule has 1 aromatic carbocycles. The zero-order chi connectivity index (χ0) is 14.8. The van der Waals surface area contributed by atoms with Crippen LogP contribution >= 0.6 is 0 Å². The van der Waals surface area contributed by atoms with E-state index in [1.807, 2.05) is 25.1 Å². The predicted molar refractivity (Wildman–Crippen MR) is 79.7 cm³/mol. The topological polar surface area (TPSA) is 54.9 Å². The molecule has 0 aliphatic rings. The van der Waals surface area contributed by atoms with Gasteiger partial charge in [0.1, 0.15) is 0 Å². The number of nitrogens with one attached hydrogen (secondary N) is 2. The van der Waals surface area contributed by atoms with Gasteiger partial charge in [-0.05, 0) is 25.5 Å². The number of ether oxygens (including phenoxy) is 2. The van der Waals surface area contributed by atoms with E-state index in [0.717, 1.165) is 5.69 Å². The highest BCUT2D eigenvalue weighted by atomic mass is 19.1. The molecule has 6 heteroatoms. The van der Waals surface area contributed by atoms with E-state index in [-0.39, 0.29) is 6.67 Å². The number of halogens is 1. The van der Waals surface area contributed by atoms with Crippen molar-refractivity contribution in [3.8, 4) is 11.5 Å². The predicted octanol–water partition coefficient (Wildman–Crippen LogP) is 2.44.